The Morgan fingerprint density at radius 1 is 1.56 bits per heavy atom. The molecule has 0 radical (unpaired) electrons. The van der Waals surface area contributed by atoms with Crippen molar-refractivity contribution < 1.29 is 4.79 Å². The summed E-state index contributed by atoms with van der Waals surface area (Å²) >= 11 is 2.22. The van der Waals surface area contributed by atoms with E-state index < -0.39 is 0 Å². The van der Waals surface area contributed by atoms with Crippen molar-refractivity contribution in [3.8, 4) is 0 Å². The van der Waals surface area contributed by atoms with Crippen LogP contribution in [-0.4, -0.2) is 25.5 Å². The normalized spacial score (nSPS) is 19.7. The lowest BCUT2D eigenvalue weighted by Crippen LogP contribution is -2.30. The molecule has 86 valence electrons. The molecule has 0 spiro atoms. The molecule has 2 rings (SSSR count). The van der Waals surface area contributed by atoms with Crippen molar-refractivity contribution in [3.63, 3.8) is 0 Å². The SMILES string of the molecule is O=C(NCC1CCNC1)c1cccc(I)c1. The van der Waals surface area contributed by atoms with E-state index in [-0.39, 0.29) is 5.91 Å². The zero-order valence-electron chi connectivity index (χ0n) is 9.00. The van der Waals surface area contributed by atoms with Gasteiger partial charge in [0.15, 0.2) is 0 Å². The van der Waals surface area contributed by atoms with Crippen LogP contribution in [0.15, 0.2) is 24.3 Å². The maximum absolute atomic E-state index is 11.8. The van der Waals surface area contributed by atoms with E-state index in [1.165, 1.54) is 0 Å². The highest BCUT2D eigenvalue weighted by atomic mass is 127. The van der Waals surface area contributed by atoms with Crippen LogP contribution in [-0.2, 0) is 0 Å². The van der Waals surface area contributed by atoms with E-state index in [0.717, 1.165) is 35.2 Å². The van der Waals surface area contributed by atoms with Gasteiger partial charge in [-0.3, -0.25) is 4.79 Å². The highest BCUT2D eigenvalue weighted by Gasteiger charge is 2.15. The minimum Gasteiger partial charge on any atom is -0.352 e. The average molecular weight is 330 g/mol. The Morgan fingerprint density at radius 3 is 3.12 bits per heavy atom. The number of rotatable bonds is 3. The van der Waals surface area contributed by atoms with Crippen LogP contribution in [0.4, 0.5) is 0 Å². The quantitative estimate of drug-likeness (QED) is 0.827. The first-order valence-corrected chi connectivity index (χ1v) is 6.58. The Kier molecular flexibility index (Phi) is 4.17. The third-order valence-electron chi connectivity index (χ3n) is 2.80. The summed E-state index contributed by atoms with van der Waals surface area (Å²) in [7, 11) is 0. The van der Waals surface area contributed by atoms with Crippen molar-refractivity contribution in [2.75, 3.05) is 19.6 Å². The first-order chi connectivity index (χ1) is 7.75. The molecule has 0 aromatic heterocycles. The van der Waals surface area contributed by atoms with Gasteiger partial charge in [-0.15, -0.1) is 0 Å². The number of halogens is 1. The summed E-state index contributed by atoms with van der Waals surface area (Å²) in [6.45, 7) is 2.87. The fourth-order valence-corrected chi connectivity index (χ4v) is 2.40. The van der Waals surface area contributed by atoms with Gasteiger partial charge in [0, 0.05) is 15.7 Å². The lowest BCUT2D eigenvalue weighted by Gasteiger charge is -2.10. The summed E-state index contributed by atoms with van der Waals surface area (Å²) in [5.41, 5.74) is 0.748. The van der Waals surface area contributed by atoms with E-state index in [1.807, 2.05) is 24.3 Å². The van der Waals surface area contributed by atoms with Crippen molar-refractivity contribution in [2.45, 2.75) is 6.42 Å². The smallest absolute Gasteiger partial charge is 0.251 e. The number of carbonyl (C=O) groups is 1. The molecule has 0 aliphatic carbocycles. The van der Waals surface area contributed by atoms with Gasteiger partial charge >= 0.3 is 0 Å². The first kappa shape index (κ1) is 11.9. The van der Waals surface area contributed by atoms with E-state index in [0.29, 0.717) is 5.92 Å². The molecule has 2 N–H and O–H groups in total. The zero-order valence-corrected chi connectivity index (χ0v) is 11.2. The summed E-state index contributed by atoms with van der Waals surface area (Å²) < 4.78 is 1.09. The highest BCUT2D eigenvalue weighted by Crippen LogP contribution is 2.09. The minimum atomic E-state index is 0.0328. The summed E-state index contributed by atoms with van der Waals surface area (Å²) in [5, 5.41) is 6.28. The van der Waals surface area contributed by atoms with Crippen molar-refractivity contribution in [3.05, 3.63) is 33.4 Å². The van der Waals surface area contributed by atoms with Crippen molar-refractivity contribution in [1.82, 2.24) is 10.6 Å². The van der Waals surface area contributed by atoms with E-state index in [4.69, 9.17) is 0 Å². The van der Waals surface area contributed by atoms with Crippen LogP contribution in [0.2, 0.25) is 0 Å². The number of nitrogens with one attached hydrogen (secondary N) is 2. The molecule has 1 unspecified atom stereocenters. The lowest BCUT2D eigenvalue weighted by molar-refractivity contribution is 0.0948. The van der Waals surface area contributed by atoms with Crippen LogP contribution in [0.3, 0.4) is 0 Å². The van der Waals surface area contributed by atoms with Crippen molar-refractivity contribution in [2.24, 2.45) is 5.92 Å². The van der Waals surface area contributed by atoms with E-state index >= 15 is 0 Å². The second kappa shape index (κ2) is 5.63. The van der Waals surface area contributed by atoms with Crippen LogP contribution in [0.25, 0.3) is 0 Å². The van der Waals surface area contributed by atoms with Gasteiger partial charge in [0.1, 0.15) is 0 Å². The lowest BCUT2D eigenvalue weighted by atomic mass is 10.1. The highest BCUT2D eigenvalue weighted by molar-refractivity contribution is 14.1. The molecule has 1 aliphatic heterocycles. The average Bonchev–Trinajstić information content (AvgIpc) is 2.78. The molecule has 1 saturated heterocycles. The number of amides is 1. The van der Waals surface area contributed by atoms with Crippen LogP contribution in [0.1, 0.15) is 16.8 Å². The summed E-state index contributed by atoms with van der Waals surface area (Å²) in [5.74, 6) is 0.622. The second-order valence-electron chi connectivity index (χ2n) is 4.08. The van der Waals surface area contributed by atoms with Crippen molar-refractivity contribution in [1.29, 1.82) is 0 Å². The van der Waals surface area contributed by atoms with Crippen LogP contribution in [0.5, 0.6) is 0 Å². The molecule has 0 bridgehead atoms. The van der Waals surface area contributed by atoms with E-state index in [2.05, 4.69) is 33.2 Å². The Bertz CT molecular complexity index is 375. The molecular formula is C12H15IN2O. The van der Waals surface area contributed by atoms with Crippen molar-refractivity contribution >= 4 is 28.5 Å². The predicted octanol–water partition coefficient (Wildman–Crippen LogP) is 1.63. The van der Waals surface area contributed by atoms with Gasteiger partial charge in [0.05, 0.1) is 0 Å². The van der Waals surface area contributed by atoms with Gasteiger partial charge in [-0.2, -0.15) is 0 Å². The zero-order chi connectivity index (χ0) is 11.4. The molecule has 1 aromatic rings. The molecule has 1 heterocycles. The Hall–Kier alpha value is -0.620. The molecule has 1 fully saturated rings. The number of hydrogen-bond donors (Lipinski definition) is 2. The Balaban J connectivity index is 1.87. The summed E-state index contributed by atoms with van der Waals surface area (Å²) in [6.07, 6.45) is 1.16. The first-order valence-electron chi connectivity index (χ1n) is 5.50. The predicted molar refractivity (Wildman–Crippen MR) is 72.5 cm³/mol. The fourth-order valence-electron chi connectivity index (χ4n) is 1.86. The van der Waals surface area contributed by atoms with Crippen LogP contribution < -0.4 is 10.6 Å². The topological polar surface area (TPSA) is 41.1 Å². The molecule has 1 aliphatic rings. The molecule has 1 aromatic carbocycles. The van der Waals surface area contributed by atoms with Crippen LogP contribution in [0, 0.1) is 9.49 Å². The van der Waals surface area contributed by atoms with Gasteiger partial charge in [0.2, 0.25) is 0 Å². The number of benzene rings is 1. The number of hydrogen-bond acceptors (Lipinski definition) is 2. The number of carbonyl (C=O) groups excluding carboxylic acids is 1. The molecule has 3 nitrogen and oxygen atoms in total. The van der Waals surface area contributed by atoms with Gasteiger partial charge < -0.3 is 10.6 Å². The van der Waals surface area contributed by atoms with Gasteiger partial charge in [-0.25, -0.2) is 0 Å². The van der Waals surface area contributed by atoms with Gasteiger partial charge in [-0.1, -0.05) is 6.07 Å². The maximum atomic E-state index is 11.8. The molecule has 4 heteroatoms. The van der Waals surface area contributed by atoms with E-state index in [9.17, 15) is 4.79 Å². The summed E-state index contributed by atoms with van der Waals surface area (Å²) in [4.78, 5) is 11.8. The third kappa shape index (κ3) is 3.18. The maximum Gasteiger partial charge on any atom is 0.251 e. The monoisotopic (exact) mass is 330 g/mol. The third-order valence-corrected chi connectivity index (χ3v) is 3.47. The molecule has 1 amide bonds. The summed E-state index contributed by atoms with van der Waals surface area (Å²) in [6, 6.07) is 7.65. The second-order valence-corrected chi connectivity index (χ2v) is 5.32. The Morgan fingerprint density at radius 2 is 2.44 bits per heavy atom. The molecular weight excluding hydrogens is 315 g/mol. The molecule has 0 saturated carbocycles. The standard InChI is InChI=1S/C12H15IN2O/c13-11-3-1-2-10(6-11)12(16)15-8-9-4-5-14-7-9/h1-3,6,9,14H,4-5,7-8H2,(H,15,16). The van der Waals surface area contributed by atoms with Gasteiger partial charge in [-0.05, 0) is 66.2 Å². The molecule has 1 atom stereocenters. The minimum absolute atomic E-state index is 0.0328. The van der Waals surface area contributed by atoms with Gasteiger partial charge in [0.25, 0.3) is 5.91 Å². The van der Waals surface area contributed by atoms with Crippen LogP contribution >= 0.6 is 22.6 Å². The molecule has 16 heavy (non-hydrogen) atoms. The fraction of sp³-hybridized carbons (Fsp3) is 0.417. The van der Waals surface area contributed by atoms with E-state index in [1.54, 1.807) is 0 Å². The largest absolute Gasteiger partial charge is 0.352 e. The Labute approximate surface area is 109 Å².